The summed E-state index contributed by atoms with van der Waals surface area (Å²) < 4.78 is 0. The summed E-state index contributed by atoms with van der Waals surface area (Å²) in [5.41, 5.74) is 5.60. The molecular weight excluding hydrogens is 116 g/mol. The summed E-state index contributed by atoms with van der Waals surface area (Å²) in [6.07, 6.45) is 2.72. The Bertz CT molecular complexity index is 105. The first kappa shape index (κ1) is 6.71. The van der Waals surface area contributed by atoms with Gasteiger partial charge in [-0.1, -0.05) is 0 Å². The largest absolute Gasteiger partial charge is 0.328 e. The molecule has 1 heterocycles. The molecule has 0 radical (unpaired) electrons. The standard InChI is InChI=1S/C6H12N2O/c7-5-1-2-8-6(3-5)4-9/h4-6,8H,1-3,7H2. The normalized spacial score (nSPS) is 36.1. The quantitative estimate of drug-likeness (QED) is 0.457. The van der Waals surface area contributed by atoms with Gasteiger partial charge in [0.1, 0.15) is 6.29 Å². The van der Waals surface area contributed by atoms with Crippen LogP contribution in [0.1, 0.15) is 12.8 Å². The third kappa shape index (κ3) is 1.77. The number of carbonyl (C=O) groups is 1. The van der Waals surface area contributed by atoms with Crippen LogP contribution in [0.15, 0.2) is 0 Å². The van der Waals surface area contributed by atoms with Crippen molar-refractivity contribution >= 4 is 6.29 Å². The van der Waals surface area contributed by atoms with Crippen molar-refractivity contribution in [2.75, 3.05) is 6.54 Å². The van der Waals surface area contributed by atoms with Gasteiger partial charge in [0.15, 0.2) is 0 Å². The summed E-state index contributed by atoms with van der Waals surface area (Å²) in [5.74, 6) is 0. The minimum atomic E-state index is 0.00810. The second-order valence-corrected chi connectivity index (χ2v) is 2.48. The molecule has 1 fully saturated rings. The van der Waals surface area contributed by atoms with E-state index < -0.39 is 0 Å². The molecule has 0 bridgehead atoms. The maximum atomic E-state index is 10.2. The van der Waals surface area contributed by atoms with Gasteiger partial charge in [0, 0.05) is 6.04 Å². The fourth-order valence-electron chi connectivity index (χ4n) is 1.09. The van der Waals surface area contributed by atoms with Crippen molar-refractivity contribution in [3.63, 3.8) is 0 Å². The van der Waals surface area contributed by atoms with Crippen LogP contribution in [0.25, 0.3) is 0 Å². The average Bonchev–Trinajstić information content (AvgIpc) is 1.88. The Hall–Kier alpha value is -0.410. The van der Waals surface area contributed by atoms with Crippen LogP contribution in [0.2, 0.25) is 0 Å². The van der Waals surface area contributed by atoms with E-state index in [1.54, 1.807) is 0 Å². The van der Waals surface area contributed by atoms with Crippen LogP contribution in [0.4, 0.5) is 0 Å². The van der Waals surface area contributed by atoms with E-state index in [9.17, 15) is 4.79 Å². The SMILES string of the molecule is NC1CCNC(C=O)C1. The van der Waals surface area contributed by atoms with E-state index in [2.05, 4.69) is 5.32 Å². The zero-order valence-electron chi connectivity index (χ0n) is 5.34. The molecule has 0 aromatic heterocycles. The number of piperidine rings is 1. The molecule has 0 aliphatic carbocycles. The molecule has 3 nitrogen and oxygen atoms in total. The number of nitrogens with one attached hydrogen (secondary N) is 1. The Kier molecular flexibility index (Phi) is 2.19. The van der Waals surface area contributed by atoms with Gasteiger partial charge in [-0.2, -0.15) is 0 Å². The van der Waals surface area contributed by atoms with Crippen LogP contribution >= 0.6 is 0 Å². The topological polar surface area (TPSA) is 55.1 Å². The molecule has 0 aromatic rings. The lowest BCUT2D eigenvalue weighted by molar-refractivity contribution is -0.110. The highest BCUT2D eigenvalue weighted by molar-refractivity contribution is 5.57. The minimum Gasteiger partial charge on any atom is -0.328 e. The van der Waals surface area contributed by atoms with Crippen molar-refractivity contribution in [3.05, 3.63) is 0 Å². The van der Waals surface area contributed by atoms with Gasteiger partial charge in [-0.3, -0.25) is 0 Å². The van der Waals surface area contributed by atoms with E-state index >= 15 is 0 Å². The summed E-state index contributed by atoms with van der Waals surface area (Å²) in [6.45, 7) is 0.880. The van der Waals surface area contributed by atoms with Crippen LogP contribution in [0.5, 0.6) is 0 Å². The molecule has 9 heavy (non-hydrogen) atoms. The lowest BCUT2D eigenvalue weighted by Crippen LogP contribution is -2.44. The molecule has 2 unspecified atom stereocenters. The molecule has 0 saturated carbocycles. The molecule has 52 valence electrons. The first-order valence-electron chi connectivity index (χ1n) is 3.27. The molecule has 3 heteroatoms. The summed E-state index contributed by atoms with van der Waals surface area (Å²) in [7, 11) is 0. The Labute approximate surface area is 54.6 Å². The summed E-state index contributed by atoms with van der Waals surface area (Å²) in [4.78, 5) is 10.2. The van der Waals surface area contributed by atoms with Crippen molar-refractivity contribution in [3.8, 4) is 0 Å². The van der Waals surface area contributed by atoms with E-state index in [1.165, 1.54) is 0 Å². The molecule has 3 N–H and O–H groups in total. The molecule has 0 spiro atoms. The average molecular weight is 128 g/mol. The van der Waals surface area contributed by atoms with E-state index in [1.807, 2.05) is 0 Å². The monoisotopic (exact) mass is 128 g/mol. The Morgan fingerprint density at radius 2 is 2.44 bits per heavy atom. The van der Waals surface area contributed by atoms with Crippen LogP contribution in [0.3, 0.4) is 0 Å². The molecule has 1 saturated heterocycles. The molecule has 0 aromatic carbocycles. The maximum Gasteiger partial charge on any atom is 0.136 e. The first-order chi connectivity index (χ1) is 4.33. The molecule has 1 aliphatic heterocycles. The smallest absolute Gasteiger partial charge is 0.136 e. The summed E-state index contributed by atoms with van der Waals surface area (Å²) in [6, 6.07) is 0.232. The predicted molar refractivity (Wildman–Crippen MR) is 35.1 cm³/mol. The maximum absolute atomic E-state index is 10.2. The van der Waals surface area contributed by atoms with Gasteiger partial charge in [0.25, 0.3) is 0 Å². The van der Waals surface area contributed by atoms with Gasteiger partial charge in [-0.15, -0.1) is 0 Å². The number of hydrogen-bond donors (Lipinski definition) is 2. The zero-order chi connectivity index (χ0) is 6.69. The van der Waals surface area contributed by atoms with Crippen molar-refractivity contribution in [1.29, 1.82) is 0 Å². The third-order valence-corrected chi connectivity index (χ3v) is 1.64. The highest BCUT2D eigenvalue weighted by Gasteiger charge is 2.16. The Morgan fingerprint density at radius 3 is 2.89 bits per heavy atom. The number of rotatable bonds is 1. The summed E-state index contributed by atoms with van der Waals surface area (Å²) >= 11 is 0. The van der Waals surface area contributed by atoms with Crippen molar-refractivity contribution in [2.24, 2.45) is 5.73 Å². The fraction of sp³-hybridized carbons (Fsp3) is 0.833. The molecule has 1 aliphatic rings. The van der Waals surface area contributed by atoms with E-state index in [4.69, 9.17) is 5.73 Å². The Balaban J connectivity index is 2.31. The lowest BCUT2D eigenvalue weighted by atomic mass is 10.0. The van der Waals surface area contributed by atoms with Crippen LogP contribution in [-0.4, -0.2) is 24.9 Å². The van der Waals surface area contributed by atoms with Crippen molar-refractivity contribution in [2.45, 2.75) is 24.9 Å². The van der Waals surface area contributed by atoms with E-state index in [0.29, 0.717) is 0 Å². The van der Waals surface area contributed by atoms with E-state index in [0.717, 1.165) is 25.7 Å². The van der Waals surface area contributed by atoms with Gasteiger partial charge in [-0.05, 0) is 19.4 Å². The Morgan fingerprint density at radius 1 is 1.67 bits per heavy atom. The van der Waals surface area contributed by atoms with E-state index in [-0.39, 0.29) is 12.1 Å². The molecular formula is C6H12N2O. The third-order valence-electron chi connectivity index (χ3n) is 1.64. The summed E-state index contributed by atoms with van der Waals surface area (Å²) in [5, 5.41) is 3.05. The highest BCUT2D eigenvalue weighted by atomic mass is 16.1. The molecule has 2 atom stereocenters. The van der Waals surface area contributed by atoms with Gasteiger partial charge >= 0.3 is 0 Å². The van der Waals surface area contributed by atoms with Crippen LogP contribution < -0.4 is 11.1 Å². The zero-order valence-corrected chi connectivity index (χ0v) is 5.34. The molecule has 0 amide bonds. The number of hydrogen-bond acceptors (Lipinski definition) is 3. The lowest BCUT2D eigenvalue weighted by Gasteiger charge is -2.23. The van der Waals surface area contributed by atoms with Gasteiger partial charge in [0.2, 0.25) is 0 Å². The highest BCUT2D eigenvalue weighted by Crippen LogP contribution is 2.03. The van der Waals surface area contributed by atoms with Crippen molar-refractivity contribution < 1.29 is 4.79 Å². The number of aldehydes is 1. The van der Waals surface area contributed by atoms with Crippen LogP contribution in [-0.2, 0) is 4.79 Å². The number of nitrogens with two attached hydrogens (primary N) is 1. The van der Waals surface area contributed by atoms with Gasteiger partial charge < -0.3 is 15.8 Å². The van der Waals surface area contributed by atoms with Gasteiger partial charge in [-0.25, -0.2) is 0 Å². The van der Waals surface area contributed by atoms with Crippen molar-refractivity contribution in [1.82, 2.24) is 5.32 Å². The number of carbonyl (C=O) groups excluding carboxylic acids is 1. The van der Waals surface area contributed by atoms with Crippen LogP contribution in [0, 0.1) is 0 Å². The van der Waals surface area contributed by atoms with Gasteiger partial charge in [0.05, 0.1) is 6.04 Å². The minimum absolute atomic E-state index is 0.00810. The first-order valence-corrected chi connectivity index (χ1v) is 3.27. The second-order valence-electron chi connectivity index (χ2n) is 2.48. The second kappa shape index (κ2) is 2.94. The fourth-order valence-corrected chi connectivity index (χ4v) is 1.09. The predicted octanol–water partition coefficient (Wildman–Crippen LogP) is -0.735. The molecule has 1 rings (SSSR count).